The number of carbonyl (C=O) groups excluding carboxylic acids is 2. The van der Waals surface area contributed by atoms with Crippen molar-refractivity contribution < 1.29 is 29.0 Å². The molecule has 0 spiro atoms. The van der Waals surface area contributed by atoms with Crippen LogP contribution >= 0.6 is 11.6 Å². The van der Waals surface area contributed by atoms with Crippen LogP contribution in [-0.4, -0.2) is 48.9 Å². The third-order valence-electron chi connectivity index (χ3n) is 6.34. The first-order chi connectivity index (χ1) is 16.3. The molecule has 1 N–H and O–H groups in total. The van der Waals surface area contributed by atoms with Gasteiger partial charge in [0.25, 0.3) is 0 Å². The smallest absolute Gasteiger partial charge is 0.338 e. The Labute approximate surface area is 203 Å². The molecule has 4 rings (SSSR count). The van der Waals surface area contributed by atoms with E-state index in [1.807, 2.05) is 6.07 Å². The molecule has 0 amide bonds. The van der Waals surface area contributed by atoms with Gasteiger partial charge in [-0.15, -0.1) is 0 Å². The average molecular weight is 484 g/mol. The zero-order chi connectivity index (χ0) is 24.5. The Morgan fingerprint density at radius 2 is 1.91 bits per heavy atom. The van der Waals surface area contributed by atoms with Crippen LogP contribution in [0.3, 0.4) is 0 Å². The number of ketones is 1. The average Bonchev–Trinajstić information content (AvgIpc) is 2.84. The Morgan fingerprint density at radius 1 is 1.12 bits per heavy atom. The van der Waals surface area contributed by atoms with Crippen molar-refractivity contribution in [3.8, 4) is 11.5 Å². The van der Waals surface area contributed by atoms with Gasteiger partial charge < -0.3 is 14.2 Å². The Bertz CT molecular complexity index is 1200. The highest BCUT2D eigenvalue weighted by Crippen LogP contribution is 2.42. The summed E-state index contributed by atoms with van der Waals surface area (Å²) in [6.45, 7) is 0. The SMILES string of the molecule is COC(=O)C1(Cc2ccc(OC)cc2OC)C=CC2=C(c3ccc(Cl)cc3CCCC2=O)N1O. The largest absolute Gasteiger partial charge is 0.497 e. The monoisotopic (exact) mass is 483 g/mol. The molecule has 0 fully saturated rings. The number of hydrogen-bond donors (Lipinski definition) is 1. The van der Waals surface area contributed by atoms with Gasteiger partial charge in [0, 0.05) is 35.1 Å². The standard InChI is InChI=1S/C26H26ClNO6/c1-32-19-9-7-17(23(14-19)33-2)15-26(25(30)34-3)12-11-21-22(29)6-4-5-16-13-18(27)8-10-20(16)24(21)28(26)31/h7-14,31H,4-6,15H2,1-3H3. The minimum Gasteiger partial charge on any atom is -0.497 e. The van der Waals surface area contributed by atoms with Crippen LogP contribution in [0, 0.1) is 0 Å². The first kappa shape index (κ1) is 23.9. The molecule has 0 saturated carbocycles. The maximum Gasteiger partial charge on any atom is 0.338 e. The molecule has 1 atom stereocenters. The summed E-state index contributed by atoms with van der Waals surface area (Å²) in [7, 11) is 4.33. The Kier molecular flexibility index (Phi) is 6.68. The van der Waals surface area contributed by atoms with Crippen LogP contribution in [0.25, 0.3) is 5.70 Å². The lowest BCUT2D eigenvalue weighted by molar-refractivity contribution is -0.170. The van der Waals surface area contributed by atoms with E-state index in [0.717, 1.165) is 10.6 Å². The fourth-order valence-corrected chi connectivity index (χ4v) is 4.76. The van der Waals surface area contributed by atoms with Crippen molar-refractivity contribution in [2.75, 3.05) is 21.3 Å². The van der Waals surface area contributed by atoms with Crippen LogP contribution in [0.15, 0.2) is 54.1 Å². The lowest BCUT2D eigenvalue weighted by Gasteiger charge is -2.41. The highest BCUT2D eigenvalue weighted by atomic mass is 35.5. The first-order valence-corrected chi connectivity index (χ1v) is 11.3. The van der Waals surface area contributed by atoms with E-state index in [-0.39, 0.29) is 17.9 Å². The summed E-state index contributed by atoms with van der Waals surface area (Å²) in [5, 5.41) is 13.1. The lowest BCUT2D eigenvalue weighted by Crippen LogP contribution is -2.55. The zero-order valence-electron chi connectivity index (χ0n) is 19.3. The van der Waals surface area contributed by atoms with Gasteiger partial charge >= 0.3 is 5.97 Å². The predicted octanol–water partition coefficient (Wildman–Crippen LogP) is 4.39. The molecule has 2 aliphatic rings. The molecule has 0 saturated heterocycles. The Balaban J connectivity index is 1.88. The van der Waals surface area contributed by atoms with Gasteiger partial charge in [-0.05, 0) is 48.2 Å². The predicted molar refractivity (Wildman–Crippen MR) is 127 cm³/mol. The van der Waals surface area contributed by atoms with E-state index in [1.54, 1.807) is 43.5 Å². The lowest BCUT2D eigenvalue weighted by atomic mass is 9.81. The summed E-state index contributed by atoms with van der Waals surface area (Å²) in [6, 6.07) is 10.5. The Hall–Kier alpha value is -3.29. The van der Waals surface area contributed by atoms with Crippen molar-refractivity contribution in [1.82, 2.24) is 5.06 Å². The van der Waals surface area contributed by atoms with Crippen molar-refractivity contribution in [2.45, 2.75) is 31.2 Å². The summed E-state index contributed by atoms with van der Waals surface area (Å²) in [6.07, 6.45) is 4.76. The number of aryl methyl sites for hydroxylation is 1. The number of Topliss-reactive ketones (excluding diaryl/α,β-unsaturated/α-hetero) is 1. The molecule has 1 aliphatic heterocycles. The van der Waals surface area contributed by atoms with E-state index in [4.69, 9.17) is 25.8 Å². The van der Waals surface area contributed by atoms with Gasteiger partial charge in [-0.25, -0.2) is 9.86 Å². The summed E-state index contributed by atoms with van der Waals surface area (Å²) in [4.78, 5) is 26.2. The topological polar surface area (TPSA) is 85.3 Å². The quantitative estimate of drug-likeness (QED) is 0.631. The Morgan fingerprint density at radius 3 is 2.62 bits per heavy atom. The molecule has 1 aliphatic carbocycles. The van der Waals surface area contributed by atoms with Crippen LogP contribution in [-0.2, 0) is 27.2 Å². The summed E-state index contributed by atoms with van der Waals surface area (Å²) in [5.41, 5.74) is 1.15. The van der Waals surface area contributed by atoms with Crippen LogP contribution in [0.2, 0.25) is 5.02 Å². The van der Waals surface area contributed by atoms with E-state index >= 15 is 0 Å². The van der Waals surface area contributed by atoms with Crippen LogP contribution < -0.4 is 9.47 Å². The van der Waals surface area contributed by atoms with Crippen molar-refractivity contribution in [2.24, 2.45) is 0 Å². The maximum absolute atomic E-state index is 13.2. The van der Waals surface area contributed by atoms with Crippen molar-refractivity contribution in [3.63, 3.8) is 0 Å². The second-order valence-corrected chi connectivity index (χ2v) is 8.69. The molecule has 8 heteroatoms. The molecule has 0 bridgehead atoms. The minimum absolute atomic E-state index is 0.0216. The molecule has 178 valence electrons. The number of fused-ring (bicyclic) bond motifs is 2. The highest BCUT2D eigenvalue weighted by molar-refractivity contribution is 6.30. The van der Waals surface area contributed by atoms with Gasteiger partial charge in [0.2, 0.25) is 0 Å². The second-order valence-electron chi connectivity index (χ2n) is 8.26. The van der Waals surface area contributed by atoms with Gasteiger partial charge in [-0.2, -0.15) is 0 Å². The number of methoxy groups -OCH3 is 3. The number of halogens is 1. The number of rotatable bonds is 5. The zero-order valence-corrected chi connectivity index (χ0v) is 20.0. The van der Waals surface area contributed by atoms with Crippen molar-refractivity contribution >= 4 is 29.1 Å². The summed E-state index contributed by atoms with van der Waals surface area (Å²) in [5.74, 6) is 0.298. The summed E-state index contributed by atoms with van der Waals surface area (Å²) < 4.78 is 15.9. The van der Waals surface area contributed by atoms with Gasteiger partial charge in [0.15, 0.2) is 11.3 Å². The minimum atomic E-state index is -1.63. The van der Waals surface area contributed by atoms with Gasteiger partial charge in [0.1, 0.15) is 11.5 Å². The van der Waals surface area contributed by atoms with Crippen LogP contribution in [0.5, 0.6) is 11.5 Å². The molecule has 1 unspecified atom stereocenters. The first-order valence-electron chi connectivity index (χ1n) is 10.9. The van der Waals surface area contributed by atoms with Crippen LogP contribution in [0.4, 0.5) is 0 Å². The number of nitrogens with zero attached hydrogens (tertiary/aromatic N) is 1. The fraction of sp³-hybridized carbons (Fsp3) is 0.308. The molecule has 1 heterocycles. The third kappa shape index (κ3) is 4.06. The number of esters is 1. The summed E-state index contributed by atoms with van der Waals surface area (Å²) >= 11 is 6.23. The molecular formula is C26H26ClNO6. The van der Waals surface area contributed by atoms with Crippen molar-refractivity contribution in [3.05, 3.63) is 75.8 Å². The molecular weight excluding hydrogens is 458 g/mol. The third-order valence-corrected chi connectivity index (χ3v) is 6.57. The fourth-order valence-electron chi connectivity index (χ4n) is 4.57. The molecule has 2 aromatic carbocycles. The number of benzene rings is 2. The number of hydroxylamine groups is 2. The van der Waals surface area contributed by atoms with Crippen LogP contribution in [0.1, 0.15) is 29.5 Å². The number of ether oxygens (including phenoxy) is 3. The number of allylic oxidation sites excluding steroid dienone is 2. The normalized spacial score (nSPS) is 19.7. The number of hydrogen-bond acceptors (Lipinski definition) is 7. The highest BCUT2D eigenvalue weighted by Gasteiger charge is 2.48. The second kappa shape index (κ2) is 9.52. The maximum atomic E-state index is 13.2. The molecule has 0 aromatic heterocycles. The number of carbonyl (C=O) groups is 2. The van der Waals surface area contributed by atoms with Gasteiger partial charge in [-0.1, -0.05) is 29.8 Å². The van der Waals surface area contributed by atoms with Gasteiger partial charge in [0.05, 0.1) is 27.0 Å². The van der Waals surface area contributed by atoms with Gasteiger partial charge in [-0.3, -0.25) is 10.0 Å². The van der Waals surface area contributed by atoms with E-state index < -0.39 is 11.5 Å². The van der Waals surface area contributed by atoms with E-state index in [0.29, 0.717) is 52.5 Å². The van der Waals surface area contributed by atoms with Crippen molar-refractivity contribution in [1.29, 1.82) is 0 Å². The van der Waals surface area contributed by atoms with E-state index in [1.165, 1.54) is 20.3 Å². The molecule has 7 nitrogen and oxygen atoms in total. The molecule has 0 radical (unpaired) electrons. The molecule has 2 aromatic rings. The molecule has 34 heavy (non-hydrogen) atoms. The van der Waals surface area contributed by atoms with E-state index in [9.17, 15) is 14.8 Å². The van der Waals surface area contributed by atoms with E-state index in [2.05, 4.69) is 0 Å².